The molecule has 1 aromatic carbocycles. The fourth-order valence-corrected chi connectivity index (χ4v) is 1.87. The summed E-state index contributed by atoms with van der Waals surface area (Å²) < 4.78 is 0. The number of nitriles is 1. The normalized spacial score (nSPS) is 11.2. The fourth-order valence-electron chi connectivity index (χ4n) is 1.87. The fraction of sp³-hybridized carbons (Fsp3) is 0.333. The van der Waals surface area contributed by atoms with Crippen LogP contribution in [0.3, 0.4) is 0 Å². The lowest BCUT2D eigenvalue weighted by atomic mass is 9.96. The second-order valence-corrected chi connectivity index (χ2v) is 5.31. The SMILES string of the molecule is CC(C)(C#N)CNC(=O)Cc1c[nH]c2ccccc12. The van der Waals surface area contributed by atoms with Gasteiger partial charge in [0, 0.05) is 23.6 Å². The Bertz CT molecular complexity index is 634. The monoisotopic (exact) mass is 255 g/mol. The predicted octanol–water partition coefficient (Wildman–Crippen LogP) is 2.38. The van der Waals surface area contributed by atoms with Crippen molar-refractivity contribution in [2.24, 2.45) is 5.41 Å². The lowest BCUT2D eigenvalue weighted by Crippen LogP contribution is -2.34. The largest absolute Gasteiger partial charge is 0.361 e. The van der Waals surface area contributed by atoms with Crippen molar-refractivity contribution < 1.29 is 4.79 Å². The zero-order valence-corrected chi connectivity index (χ0v) is 11.2. The predicted molar refractivity (Wildman–Crippen MR) is 74.4 cm³/mol. The standard InChI is InChI=1S/C15H17N3O/c1-15(2,9-16)10-18-14(19)7-11-8-17-13-6-4-3-5-12(11)13/h3-6,8,17H,7,10H2,1-2H3,(H,18,19). The molecule has 0 spiro atoms. The summed E-state index contributed by atoms with van der Waals surface area (Å²) in [7, 11) is 0. The first-order valence-electron chi connectivity index (χ1n) is 6.25. The van der Waals surface area contributed by atoms with Crippen molar-refractivity contribution in [3.8, 4) is 6.07 Å². The number of benzene rings is 1. The van der Waals surface area contributed by atoms with E-state index in [0.29, 0.717) is 13.0 Å². The van der Waals surface area contributed by atoms with E-state index >= 15 is 0 Å². The highest BCUT2D eigenvalue weighted by Gasteiger charge is 2.18. The average molecular weight is 255 g/mol. The van der Waals surface area contributed by atoms with Crippen LogP contribution in [0.4, 0.5) is 0 Å². The molecule has 1 heterocycles. The number of rotatable bonds is 4. The summed E-state index contributed by atoms with van der Waals surface area (Å²) >= 11 is 0. The molecule has 2 rings (SSSR count). The van der Waals surface area contributed by atoms with Gasteiger partial charge in [0.2, 0.25) is 5.91 Å². The molecular weight excluding hydrogens is 238 g/mol. The number of hydrogen-bond donors (Lipinski definition) is 2. The third-order valence-electron chi connectivity index (χ3n) is 3.06. The Balaban J connectivity index is 2.02. The molecule has 2 N–H and O–H groups in total. The summed E-state index contributed by atoms with van der Waals surface area (Å²) in [5.41, 5.74) is 1.47. The summed E-state index contributed by atoms with van der Waals surface area (Å²) in [6.45, 7) is 3.97. The van der Waals surface area contributed by atoms with E-state index < -0.39 is 5.41 Å². The molecule has 19 heavy (non-hydrogen) atoms. The molecule has 1 aromatic heterocycles. The minimum atomic E-state index is -0.532. The van der Waals surface area contributed by atoms with E-state index in [9.17, 15) is 4.79 Å². The molecule has 2 aromatic rings. The lowest BCUT2D eigenvalue weighted by molar-refractivity contribution is -0.120. The first kappa shape index (κ1) is 13.2. The minimum absolute atomic E-state index is 0.0620. The number of carbonyl (C=O) groups is 1. The van der Waals surface area contributed by atoms with Crippen molar-refractivity contribution in [2.45, 2.75) is 20.3 Å². The molecule has 0 bridgehead atoms. The van der Waals surface area contributed by atoms with Gasteiger partial charge in [0.25, 0.3) is 0 Å². The maximum absolute atomic E-state index is 11.9. The number of carbonyl (C=O) groups excluding carboxylic acids is 1. The zero-order chi connectivity index (χ0) is 13.9. The molecular formula is C15H17N3O. The van der Waals surface area contributed by atoms with Gasteiger partial charge in [0.1, 0.15) is 0 Å². The Morgan fingerprint density at radius 2 is 2.16 bits per heavy atom. The molecule has 0 radical (unpaired) electrons. The van der Waals surface area contributed by atoms with Crippen molar-refractivity contribution in [1.29, 1.82) is 5.26 Å². The number of fused-ring (bicyclic) bond motifs is 1. The summed E-state index contributed by atoms with van der Waals surface area (Å²) in [4.78, 5) is 15.0. The summed E-state index contributed by atoms with van der Waals surface area (Å²) in [5.74, 6) is -0.0620. The summed E-state index contributed by atoms with van der Waals surface area (Å²) in [5, 5.41) is 12.8. The number of nitrogens with zero attached hydrogens (tertiary/aromatic N) is 1. The molecule has 4 heteroatoms. The first-order valence-corrected chi connectivity index (χ1v) is 6.25. The van der Waals surface area contributed by atoms with Crippen LogP contribution in [-0.2, 0) is 11.2 Å². The van der Waals surface area contributed by atoms with Crippen LogP contribution in [0.1, 0.15) is 19.4 Å². The van der Waals surface area contributed by atoms with Crippen LogP contribution in [0.5, 0.6) is 0 Å². The molecule has 0 aliphatic heterocycles. The average Bonchev–Trinajstić information content (AvgIpc) is 2.80. The third kappa shape index (κ3) is 3.14. The molecule has 1 amide bonds. The van der Waals surface area contributed by atoms with Crippen LogP contribution in [-0.4, -0.2) is 17.4 Å². The van der Waals surface area contributed by atoms with Crippen molar-refractivity contribution in [3.63, 3.8) is 0 Å². The van der Waals surface area contributed by atoms with Crippen molar-refractivity contribution in [2.75, 3.05) is 6.54 Å². The number of H-pyrrole nitrogens is 1. The number of aromatic nitrogens is 1. The highest BCUT2D eigenvalue weighted by molar-refractivity contribution is 5.88. The van der Waals surface area contributed by atoms with E-state index in [0.717, 1.165) is 16.5 Å². The van der Waals surface area contributed by atoms with Gasteiger partial charge in [-0.05, 0) is 25.5 Å². The van der Waals surface area contributed by atoms with E-state index in [-0.39, 0.29) is 5.91 Å². The van der Waals surface area contributed by atoms with Gasteiger partial charge >= 0.3 is 0 Å². The van der Waals surface area contributed by atoms with E-state index in [1.165, 1.54) is 0 Å². The lowest BCUT2D eigenvalue weighted by Gasteiger charge is -2.15. The van der Waals surface area contributed by atoms with Crippen LogP contribution in [0.15, 0.2) is 30.5 Å². The third-order valence-corrected chi connectivity index (χ3v) is 3.06. The van der Waals surface area contributed by atoms with Gasteiger partial charge < -0.3 is 10.3 Å². The highest BCUT2D eigenvalue weighted by atomic mass is 16.1. The van der Waals surface area contributed by atoms with Crippen molar-refractivity contribution in [3.05, 3.63) is 36.0 Å². The number of para-hydroxylation sites is 1. The second-order valence-electron chi connectivity index (χ2n) is 5.31. The quantitative estimate of drug-likeness (QED) is 0.880. The second kappa shape index (κ2) is 5.15. The summed E-state index contributed by atoms with van der Waals surface area (Å²) in [6.07, 6.45) is 2.19. The van der Waals surface area contributed by atoms with Crippen LogP contribution >= 0.6 is 0 Å². The van der Waals surface area contributed by atoms with E-state index in [1.807, 2.05) is 30.5 Å². The molecule has 0 saturated carbocycles. The number of hydrogen-bond acceptors (Lipinski definition) is 2. The van der Waals surface area contributed by atoms with Crippen molar-refractivity contribution >= 4 is 16.8 Å². The van der Waals surface area contributed by atoms with Gasteiger partial charge in [-0.25, -0.2) is 0 Å². The minimum Gasteiger partial charge on any atom is -0.361 e. The Morgan fingerprint density at radius 3 is 2.89 bits per heavy atom. The molecule has 0 aliphatic rings. The Kier molecular flexibility index (Phi) is 3.57. The Morgan fingerprint density at radius 1 is 1.42 bits per heavy atom. The molecule has 0 fully saturated rings. The maximum Gasteiger partial charge on any atom is 0.224 e. The van der Waals surface area contributed by atoms with Crippen LogP contribution < -0.4 is 5.32 Å². The molecule has 0 atom stereocenters. The summed E-state index contributed by atoms with van der Waals surface area (Å²) in [6, 6.07) is 10.1. The molecule has 98 valence electrons. The van der Waals surface area contributed by atoms with Gasteiger partial charge in [-0.2, -0.15) is 5.26 Å². The number of nitrogens with one attached hydrogen (secondary N) is 2. The van der Waals surface area contributed by atoms with Crippen LogP contribution in [0.25, 0.3) is 10.9 Å². The number of amides is 1. The van der Waals surface area contributed by atoms with Gasteiger partial charge in [0.15, 0.2) is 0 Å². The van der Waals surface area contributed by atoms with Crippen LogP contribution in [0.2, 0.25) is 0 Å². The number of aromatic amines is 1. The molecule has 0 saturated heterocycles. The smallest absolute Gasteiger partial charge is 0.224 e. The molecule has 4 nitrogen and oxygen atoms in total. The van der Waals surface area contributed by atoms with E-state index in [1.54, 1.807) is 13.8 Å². The Labute approximate surface area is 112 Å². The highest BCUT2D eigenvalue weighted by Crippen LogP contribution is 2.18. The van der Waals surface area contributed by atoms with E-state index in [2.05, 4.69) is 16.4 Å². The van der Waals surface area contributed by atoms with Gasteiger partial charge in [-0.3, -0.25) is 4.79 Å². The molecule has 0 unspecified atom stereocenters. The van der Waals surface area contributed by atoms with Crippen LogP contribution in [0, 0.1) is 16.7 Å². The zero-order valence-electron chi connectivity index (χ0n) is 11.2. The first-order chi connectivity index (χ1) is 9.02. The van der Waals surface area contributed by atoms with Gasteiger partial charge in [-0.1, -0.05) is 18.2 Å². The molecule has 0 aliphatic carbocycles. The Hall–Kier alpha value is -2.28. The van der Waals surface area contributed by atoms with E-state index in [4.69, 9.17) is 5.26 Å². The topological polar surface area (TPSA) is 68.7 Å². The van der Waals surface area contributed by atoms with Crippen molar-refractivity contribution in [1.82, 2.24) is 10.3 Å². The van der Waals surface area contributed by atoms with Gasteiger partial charge in [0.05, 0.1) is 17.9 Å². The van der Waals surface area contributed by atoms with Gasteiger partial charge in [-0.15, -0.1) is 0 Å². The maximum atomic E-state index is 11.9.